The quantitative estimate of drug-likeness (QED) is 0.338. The van der Waals surface area contributed by atoms with Gasteiger partial charge in [0.05, 0.1) is 11.5 Å². The van der Waals surface area contributed by atoms with E-state index in [0.29, 0.717) is 25.6 Å². The van der Waals surface area contributed by atoms with E-state index in [-0.39, 0.29) is 16.9 Å². The summed E-state index contributed by atoms with van der Waals surface area (Å²) in [5, 5.41) is 17.2. The number of nitrogens with one attached hydrogen (secondary N) is 2. The summed E-state index contributed by atoms with van der Waals surface area (Å²) in [4.78, 5) is 14.8. The zero-order valence-corrected chi connectivity index (χ0v) is 15.2. The Bertz CT molecular complexity index is 832. The SMILES string of the molecule is CCNC(=NCc1ccc([N+](=O)[O-])cc1)NCC1(c2ccccc2F)CC1. The highest BCUT2D eigenvalue weighted by Gasteiger charge is 2.45. The minimum absolute atomic E-state index is 0.0633. The Balaban J connectivity index is 1.64. The van der Waals surface area contributed by atoms with E-state index in [4.69, 9.17) is 0 Å². The van der Waals surface area contributed by atoms with Crippen molar-refractivity contribution in [3.63, 3.8) is 0 Å². The average molecular weight is 370 g/mol. The van der Waals surface area contributed by atoms with Crippen LogP contribution >= 0.6 is 0 Å². The van der Waals surface area contributed by atoms with Crippen molar-refractivity contribution < 1.29 is 9.31 Å². The molecule has 27 heavy (non-hydrogen) atoms. The second kappa shape index (κ2) is 8.16. The number of hydrogen-bond donors (Lipinski definition) is 2. The maximum absolute atomic E-state index is 14.1. The molecule has 1 aliphatic rings. The van der Waals surface area contributed by atoms with Crippen LogP contribution in [0.2, 0.25) is 0 Å². The molecule has 0 unspecified atom stereocenters. The van der Waals surface area contributed by atoms with Crippen LogP contribution in [-0.2, 0) is 12.0 Å². The predicted octanol–water partition coefficient (Wildman–Crippen LogP) is 3.52. The molecule has 2 aromatic carbocycles. The van der Waals surface area contributed by atoms with Gasteiger partial charge in [-0.15, -0.1) is 0 Å². The molecule has 0 aliphatic heterocycles. The van der Waals surface area contributed by atoms with E-state index in [1.54, 1.807) is 18.2 Å². The number of rotatable bonds is 7. The van der Waals surface area contributed by atoms with Crippen molar-refractivity contribution in [1.29, 1.82) is 0 Å². The third kappa shape index (κ3) is 4.61. The van der Waals surface area contributed by atoms with Gasteiger partial charge in [-0.1, -0.05) is 30.3 Å². The summed E-state index contributed by atoms with van der Waals surface area (Å²) in [7, 11) is 0. The summed E-state index contributed by atoms with van der Waals surface area (Å²) in [6, 6.07) is 13.3. The molecule has 0 atom stereocenters. The van der Waals surface area contributed by atoms with E-state index in [2.05, 4.69) is 15.6 Å². The molecule has 142 valence electrons. The normalized spacial score (nSPS) is 15.3. The lowest BCUT2D eigenvalue weighted by atomic mass is 9.95. The van der Waals surface area contributed by atoms with Gasteiger partial charge in [0.1, 0.15) is 5.82 Å². The van der Waals surface area contributed by atoms with E-state index < -0.39 is 4.92 Å². The van der Waals surface area contributed by atoms with Crippen LogP contribution in [0.1, 0.15) is 30.9 Å². The molecule has 1 fully saturated rings. The number of benzene rings is 2. The van der Waals surface area contributed by atoms with E-state index in [1.165, 1.54) is 18.2 Å². The van der Waals surface area contributed by atoms with Gasteiger partial charge >= 0.3 is 0 Å². The Morgan fingerprint density at radius 2 is 1.89 bits per heavy atom. The van der Waals surface area contributed by atoms with E-state index in [0.717, 1.165) is 24.0 Å². The molecule has 2 N–H and O–H groups in total. The first-order valence-corrected chi connectivity index (χ1v) is 9.04. The third-order valence-corrected chi connectivity index (χ3v) is 4.80. The van der Waals surface area contributed by atoms with E-state index >= 15 is 0 Å². The third-order valence-electron chi connectivity index (χ3n) is 4.80. The van der Waals surface area contributed by atoms with Crippen LogP contribution < -0.4 is 10.6 Å². The minimum Gasteiger partial charge on any atom is -0.357 e. The van der Waals surface area contributed by atoms with Crippen molar-refractivity contribution in [2.75, 3.05) is 13.1 Å². The summed E-state index contributed by atoms with van der Waals surface area (Å²) in [6.45, 7) is 3.70. The first kappa shape index (κ1) is 18.8. The van der Waals surface area contributed by atoms with Gasteiger partial charge in [-0.3, -0.25) is 10.1 Å². The van der Waals surface area contributed by atoms with E-state index in [9.17, 15) is 14.5 Å². The second-order valence-electron chi connectivity index (χ2n) is 6.73. The Morgan fingerprint density at radius 3 is 2.48 bits per heavy atom. The maximum Gasteiger partial charge on any atom is 0.269 e. The van der Waals surface area contributed by atoms with Crippen molar-refractivity contribution in [3.05, 3.63) is 75.6 Å². The highest BCUT2D eigenvalue weighted by molar-refractivity contribution is 5.80. The largest absolute Gasteiger partial charge is 0.357 e. The van der Waals surface area contributed by atoms with Gasteiger partial charge in [-0.2, -0.15) is 0 Å². The number of aliphatic imine (C=N–C) groups is 1. The summed E-state index contributed by atoms with van der Waals surface area (Å²) >= 11 is 0. The fraction of sp³-hybridized carbons (Fsp3) is 0.350. The van der Waals surface area contributed by atoms with Gasteiger partial charge in [0.2, 0.25) is 0 Å². The van der Waals surface area contributed by atoms with Crippen molar-refractivity contribution in [2.45, 2.75) is 31.7 Å². The molecular formula is C20H23FN4O2. The Kier molecular flexibility index (Phi) is 5.69. The zero-order chi connectivity index (χ0) is 19.3. The predicted molar refractivity (Wildman–Crippen MR) is 103 cm³/mol. The smallest absolute Gasteiger partial charge is 0.269 e. The molecule has 0 radical (unpaired) electrons. The van der Waals surface area contributed by atoms with Crippen LogP contribution in [-0.4, -0.2) is 24.0 Å². The molecular weight excluding hydrogens is 347 g/mol. The zero-order valence-electron chi connectivity index (χ0n) is 15.2. The van der Waals surface area contributed by atoms with Crippen LogP contribution in [0, 0.1) is 15.9 Å². The molecule has 0 heterocycles. The molecule has 1 aliphatic carbocycles. The number of nitrogens with zero attached hydrogens (tertiary/aromatic N) is 2. The number of nitro benzene ring substituents is 1. The monoisotopic (exact) mass is 370 g/mol. The Labute approximate surface area is 157 Å². The highest BCUT2D eigenvalue weighted by atomic mass is 19.1. The Morgan fingerprint density at radius 1 is 1.19 bits per heavy atom. The Hall–Kier alpha value is -2.96. The minimum atomic E-state index is -0.420. The highest BCUT2D eigenvalue weighted by Crippen LogP contribution is 2.48. The molecule has 7 heteroatoms. The van der Waals surface area contributed by atoms with Gasteiger partial charge < -0.3 is 10.6 Å². The average Bonchev–Trinajstić information content (AvgIpc) is 3.45. The molecule has 0 spiro atoms. The number of hydrogen-bond acceptors (Lipinski definition) is 3. The van der Waals surface area contributed by atoms with Gasteiger partial charge in [0.25, 0.3) is 5.69 Å². The molecule has 1 saturated carbocycles. The van der Waals surface area contributed by atoms with Gasteiger partial charge in [0.15, 0.2) is 5.96 Å². The fourth-order valence-electron chi connectivity index (χ4n) is 3.07. The summed E-state index contributed by atoms with van der Waals surface area (Å²) in [5.41, 5.74) is 1.53. The fourth-order valence-corrected chi connectivity index (χ4v) is 3.07. The molecule has 0 saturated heterocycles. The lowest BCUT2D eigenvalue weighted by molar-refractivity contribution is -0.384. The summed E-state index contributed by atoms with van der Waals surface area (Å²) in [6.07, 6.45) is 1.89. The topological polar surface area (TPSA) is 79.6 Å². The molecule has 3 rings (SSSR count). The lowest BCUT2D eigenvalue weighted by Gasteiger charge is -2.19. The van der Waals surface area contributed by atoms with Crippen LogP contribution in [0.3, 0.4) is 0 Å². The molecule has 0 bridgehead atoms. The first-order valence-electron chi connectivity index (χ1n) is 9.04. The molecule has 0 amide bonds. The summed E-state index contributed by atoms with van der Waals surface area (Å²) in [5.74, 6) is 0.489. The molecule has 2 aromatic rings. The van der Waals surface area contributed by atoms with Crippen molar-refractivity contribution in [1.82, 2.24) is 10.6 Å². The lowest BCUT2D eigenvalue weighted by Crippen LogP contribution is -2.41. The van der Waals surface area contributed by atoms with Gasteiger partial charge in [0, 0.05) is 30.6 Å². The van der Waals surface area contributed by atoms with Crippen LogP contribution in [0.25, 0.3) is 0 Å². The number of halogens is 1. The van der Waals surface area contributed by atoms with Crippen molar-refractivity contribution in [2.24, 2.45) is 4.99 Å². The van der Waals surface area contributed by atoms with Gasteiger partial charge in [-0.05, 0) is 37.0 Å². The van der Waals surface area contributed by atoms with E-state index in [1.807, 2.05) is 19.1 Å². The number of nitro groups is 1. The van der Waals surface area contributed by atoms with Crippen LogP contribution in [0.5, 0.6) is 0 Å². The van der Waals surface area contributed by atoms with Crippen LogP contribution in [0.4, 0.5) is 10.1 Å². The van der Waals surface area contributed by atoms with Gasteiger partial charge in [-0.25, -0.2) is 9.38 Å². The molecule has 6 nitrogen and oxygen atoms in total. The number of non-ortho nitro benzene ring substituents is 1. The first-order chi connectivity index (χ1) is 13.0. The standard InChI is InChI=1S/C20H23FN4O2/c1-2-22-19(23-13-15-7-9-16(10-8-15)25(26)27)24-14-20(11-12-20)17-5-3-4-6-18(17)21/h3-10H,2,11-14H2,1H3,(H2,22,23,24). The van der Waals surface area contributed by atoms with Crippen molar-refractivity contribution in [3.8, 4) is 0 Å². The number of guanidine groups is 1. The van der Waals surface area contributed by atoms with Crippen molar-refractivity contribution >= 4 is 11.6 Å². The van der Waals surface area contributed by atoms with Crippen LogP contribution in [0.15, 0.2) is 53.5 Å². The summed E-state index contributed by atoms with van der Waals surface area (Å²) < 4.78 is 14.1. The second-order valence-corrected chi connectivity index (χ2v) is 6.73. The maximum atomic E-state index is 14.1. The molecule has 0 aromatic heterocycles.